The lowest BCUT2D eigenvalue weighted by atomic mass is 10.1. The van der Waals surface area contributed by atoms with Crippen LogP contribution in [0.4, 0.5) is 0 Å². The maximum atomic E-state index is 12.0. The third-order valence-corrected chi connectivity index (χ3v) is 3.37. The second kappa shape index (κ2) is 6.41. The monoisotopic (exact) mass is 285 g/mol. The van der Waals surface area contributed by atoms with Gasteiger partial charge in [-0.25, -0.2) is 0 Å². The molecule has 4 heteroatoms. The van der Waals surface area contributed by atoms with E-state index < -0.39 is 12.0 Å². The standard InChI is InChI=1S/C17H19NO3/c1-11-5-3-7-13(9-11)15(19)10-18-17(21)14-8-4-6-12(2)16(14)20/h3-9,15,19-20H,10H2,1-2H3,(H,18,21). The first-order valence-corrected chi connectivity index (χ1v) is 6.80. The number of phenolic OH excluding ortho intramolecular Hbond substituents is 1. The Morgan fingerprint density at radius 2 is 1.90 bits per heavy atom. The van der Waals surface area contributed by atoms with Gasteiger partial charge in [0.1, 0.15) is 5.75 Å². The van der Waals surface area contributed by atoms with Gasteiger partial charge in [0.2, 0.25) is 0 Å². The average molecular weight is 285 g/mol. The molecule has 2 rings (SSSR count). The molecule has 0 aliphatic heterocycles. The van der Waals surface area contributed by atoms with Crippen LogP contribution in [0.15, 0.2) is 42.5 Å². The molecule has 0 radical (unpaired) electrons. The van der Waals surface area contributed by atoms with Crippen LogP contribution < -0.4 is 5.32 Å². The van der Waals surface area contributed by atoms with Crippen molar-refractivity contribution in [2.45, 2.75) is 20.0 Å². The van der Waals surface area contributed by atoms with E-state index in [2.05, 4.69) is 5.32 Å². The van der Waals surface area contributed by atoms with Crippen molar-refractivity contribution in [3.8, 4) is 5.75 Å². The van der Waals surface area contributed by atoms with E-state index in [-0.39, 0.29) is 17.9 Å². The summed E-state index contributed by atoms with van der Waals surface area (Å²) >= 11 is 0. The van der Waals surface area contributed by atoms with Gasteiger partial charge < -0.3 is 15.5 Å². The van der Waals surface area contributed by atoms with Crippen molar-refractivity contribution < 1.29 is 15.0 Å². The first kappa shape index (κ1) is 15.1. The van der Waals surface area contributed by atoms with Crippen LogP contribution in [0.3, 0.4) is 0 Å². The summed E-state index contributed by atoms with van der Waals surface area (Å²) in [7, 11) is 0. The smallest absolute Gasteiger partial charge is 0.255 e. The van der Waals surface area contributed by atoms with Crippen LogP contribution in [0.5, 0.6) is 5.75 Å². The maximum absolute atomic E-state index is 12.0. The summed E-state index contributed by atoms with van der Waals surface area (Å²) in [6.07, 6.45) is -0.777. The Bertz CT molecular complexity index is 652. The summed E-state index contributed by atoms with van der Waals surface area (Å²) in [5.74, 6) is -0.428. The van der Waals surface area contributed by atoms with E-state index in [9.17, 15) is 15.0 Å². The number of hydrogen-bond donors (Lipinski definition) is 3. The van der Waals surface area contributed by atoms with Gasteiger partial charge in [-0.2, -0.15) is 0 Å². The summed E-state index contributed by atoms with van der Waals surface area (Å²) in [5, 5.41) is 22.6. The second-order valence-corrected chi connectivity index (χ2v) is 5.11. The van der Waals surface area contributed by atoms with Crippen LogP contribution in [-0.2, 0) is 0 Å². The van der Waals surface area contributed by atoms with Crippen LogP contribution in [0.2, 0.25) is 0 Å². The van der Waals surface area contributed by atoms with Crippen LogP contribution in [0.1, 0.15) is 33.2 Å². The lowest BCUT2D eigenvalue weighted by molar-refractivity contribution is 0.0913. The molecule has 21 heavy (non-hydrogen) atoms. The highest BCUT2D eigenvalue weighted by Crippen LogP contribution is 2.21. The van der Waals surface area contributed by atoms with Crippen molar-refractivity contribution in [1.29, 1.82) is 0 Å². The molecule has 0 saturated carbocycles. The molecule has 2 aromatic carbocycles. The molecular formula is C17H19NO3. The molecule has 0 saturated heterocycles. The molecule has 1 unspecified atom stereocenters. The molecule has 0 bridgehead atoms. The molecule has 0 aliphatic rings. The van der Waals surface area contributed by atoms with Gasteiger partial charge in [0, 0.05) is 6.54 Å². The van der Waals surface area contributed by atoms with Gasteiger partial charge in [0.05, 0.1) is 11.7 Å². The molecular weight excluding hydrogens is 266 g/mol. The minimum atomic E-state index is -0.777. The number of carbonyl (C=O) groups is 1. The number of aromatic hydroxyl groups is 1. The van der Waals surface area contributed by atoms with Crippen molar-refractivity contribution in [2.75, 3.05) is 6.54 Å². The average Bonchev–Trinajstić information content (AvgIpc) is 2.47. The van der Waals surface area contributed by atoms with E-state index in [0.717, 1.165) is 11.1 Å². The predicted octanol–water partition coefficient (Wildman–Crippen LogP) is 2.47. The molecule has 0 fully saturated rings. The number of aliphatic hydroxyl groups excluding tert-OH is 1. The SMILES string of the molecule is Cc1cccc(C(O)CNC(=O)c2cccc(C)c2O)c1. The number of aliphatic hydroxyl groups is 1. The molecule has 1 amide bonds. The lowest BCUT2D eigenvalue weighted by Gasteiger charge is -2.13. The second-order valence-electron chi connectivity index (χ2n) is 5.11. The summed E-state index contributed by atoms with van der Waals surface area (Å²) < 4.78 is 0. The third kappa shape index (κ3) is 3.61. The minimum absolute atomic E-state index is 0.0277. The molecule has 0 aliphatic carbocycles. The van der Waals surface area contributed by atoms with E-state index >= 15 is 0 Å². The largest absolute Gasteiger partial charge is 0.507 e. The van der Waals surface area contributed by atoms with Gasteiger partial charge in [-0.15, -0.1) is 0 Å². The van der Waals surface area contributed by atoms with Crippen LogP contribution in [0.25, 0.3) is 0 Å². The fourth-order valence-electron chi connectivity index (χ4n) is 2.12. The fraction of sp³-hybridized carbons (Fsp3) is 0.235. The maximum Gasteiger partial charge on any atom is 0.255 e. The fourth-order valence-corrected chi connectivity index (χ4v) is 2.12. The van der Waals surface area contributed by atoms with Crippen molar-refractivity contribution in [3.63, 3.8) is 0 Å². The normalized spacial score (nSPS) is 12.0. The number of para-hydroxylation sites is 1. The molecule has 0 heterocycles. The first-order chi connectivity index (χ1) is 9.99. The Morgan fingerprint density at radius 1 is 1.19 bits per heavy atom. The number of carbonyl (C=O) groups excluding carboxylic acids is 1. The Labute approximate surface area is 124 Å². The van der Waals surface area contributed by atoms with Crippen molar-refractivity contribution in [3.05, 3.63) is 64.7 Å². The Morgan fingerprint density at radius 3 is 2.62 bits per heavy atom. The van der Waals surface area contributed by atoms with E-state index in [4.69, 9.17) is 0 Å². The van der Waals surface area contributed by atoms with Crippen LogP contribution >= 0.6 is 0 Å². The van der Waals surface area contributed by atoms with E-state index in [1.54, 1.807) is 25.1 Å². The van der Waals surface area contributed by atoms with Gasteiger partial charge in [-0.1, -0.05) is 42.0 Å². The topological polar surface area (TPSA) is 69.6 Å². The predicted molar refractivity (Wildman–Crippen MR) is 81.3 cm³/mol. The number of nitrogens with one attached hydrogen (secondary N) is 1. The quantitative estimate of drug-likeness (QED) is 0.808. The number of hydrogen-bond acceptors (Lipinski definition) is 3. The van der Waals surface area contributed by atoms with Crippen LogP contribution in [-0.4, -0.2) is 22.7 Å². The van der Waals surface area contributed by atoms with Crippen molar-refractivity contribution in [2.24, 2.45) is 0 Å². The number of amides is 1. The highest BCUT2D eigenvalue weighted by Gasteiger charge is 2.14. The number of aryl methyl sites for hydroxylation is 2. The van der Waals surface area contributed by atoms with E-state index in [0.29, 0.717) is 5.56 Å². The van der Waals surface area contributed by atoms with Gasteiger partial charge in [0.25, 0.3) is 5.91 Å². The summed E-state index contributed by atoms with van der Waals surface area (Å²) in [4.78, 5) is 12.0. The molecule has 1 atom stereocenters. The van der Waals surface area contributed by atoms with Gasteiger partial charge in [-0.05, 0) is 31.0 Å². The Balaban J connectivity index is 2.02. The summed E-state index contributed by atoms with van der Waals surface area (Å²) in [6.45, 7) is 3.77. The minimum Gasteiger partial charge on any atom is -0.507 e. The van der Waals surface area contributed by atoms with Gasteiger partial charge in [0.15, 0.2) is 0 Å². The number of rotatable bonds is 4. The van der Waals surface area contributed by atoms with Crippen molar-refractivity contribution >= 4 is 5.91 Å². The highest BCUT2D eigenvalue weighted by molar-refractivity contribution is 5.97. The zero-order valence-electron chi connectivity index (χ0n) is 12.1. The molecule has 110 valence electrons. The molecule has 0 aromatic heterocycles. The zero-order valence-corrected chi connectivity index (χ0v) is 12.1. The third-order valence-electron chi connectivity index (χ3n) is 3.37. The molecule has 0 spiro atoms. The van der Waals surface area contributed by atoms with Gasteiger partial charge in [-0.3, -0.25) is 4.79 Å². The molecule has 2 aromatic rings. The zero-order chi connectivity index (χ0) is 15.4. The number of benzene rings is 2. The summed E-state index contributed by atoms with van der Waals surface area (Å²) in [6, 6.07) is 12.5. The van der Waals surface area contributed by atoms with E-state index in [1.165, 1.54) is 0 Å². The Kier molecular flexibility index (Phi) is 4.60. The Hall–Kier alpha value is -2.33. The molecule has 4 nitrogen and oxygen atoms in total. The number of phenols is 1. The van der Waals surface area contributed by atoms with E-state index in [1.807, 2.05) is 31.2 Å². The van der Waals surface area contributed by atoms with Gasteiger partial charge >= 0.3 is 0 Å². The van der Waals surface area contributed by atoms with Crippen molar-refractivity contribution in [1.82, 2.24) is 5.32 Å². The summed E-state index contributed by atoms with van der Waals surface area (Å²) in [5.41, 5.74) is 2.66. The highest BCUT2D eigenvalue weighted by atomic mass is 16.3. The lowest BCUT2D eigenvalue weighted by Crippen LogP contribution is -2.28. The van der Waals surface area contributed by atoms with Crippen LogP contribution in [0, 0.1) is 13.8 Å². The molecule has 3 N–H and O–H groups in total. The first-order valence-electron chi connectivity index (χ1n) is 6.80.